The van der Waals surface area contributed by atoms with Crippen molar-refractivity contribution in [2.45, 2.75) is 72.6 Å². The van der Waals surface area contributed by atoms with Crippen molar-refractivity contribution in [1.29, 1.82) is 0 Å². The highest BCUT2D eigenvalue weighted by Gasteiger charge is 2.43. The Kier molecular flexibility index (Phi) is 9.73. The molecule has 4 heteroatoms. The van der Waals surface area contributed by atoms with Gasteiger partial charge in [0.15, 0.2) is 0 Å². The molecule has 1 rings (SSSR count). The maximum atomic E-state index is 12.7. The Morgan fingerprint density at radius 2 is 1.58 bits per heavy atom. The molecule has 0 bridgehead atoms. The molecule has 4 nitrogen and oxygen atoms in total. The summed E-state index contributed by atoms with van der Waals surface area (Å²) >= 11 is 0. The smallest absolute Gasteiger partial charge is 0.310 e. The zero-order valence-corrected chi connectivity index (χ0v) is 15.8. The zero-order valence-electron chi connectivity index (χ0n) is 15.8. The Labute approximate surface area is 147 Å². The zero-order chi connectivity index (χ0) is 17.9. The van der Waals surface area contributed by atoms with E-state index in [1.807, 2.05) is 0 Å². The molecule has 0 radical (unpaired) electrons. The monoisotopic (exact) mass is 338 g/mol. The second kappa shape index (κ2) is 11.3. The van der Waals surface area contributed by atoms with Crippen LogP contribution in [0.15, 0.2) is 11.6 Å². The molecule has 0 spiro atoms. The van der Waals surface area contributed by atoms with Gasteiger partial charge >= 0.3 is 11.9 Å². The van der Waals surface area contributed by atoms with Crippen LogP contribution in [0.1, 0.15) is 72.6 Å². The number of carbonyl (C=O) groups excluding carboxylic acids is 2. The molecule has 138 valence electrons. The molecule has 0 aromatic heterocycles. The van der Waals surface area contributed by atoms with Gasteiger partial charge in [0.05, 0.1) is 25.0 Å². The number of hydrogen-bond acceptors (Lipinski definition) is 4. The van der Waals surface area contributed by atoms with Gasteiger partial charge in [-0.2, -0.15) is 0 Å². The topological polar surface area (TPSA) is 52.6 Å². The summed E-state index contributed by atoms with van der Waals surface area (Å²) in [5.74, 6) is -1.20. The number of allylic oxidation sites excluding steroid dienone is 2. The highest BCUT2D eigenvalue weighted by Crippen LogP contribution is 2.40. The maximum absolute atomic E-state index is 12.7. The maximum Gasteiger partial charge on any atom is 0.310 e. The van der Waals surface area contributed by atoms with Gasteiger partial charge in [-0.1, -0.05) is 52.2 Å². The molecule has 0 saturated carbocycles. The van der Waals surface area contributed by atoms with Crippen LogP contribution in [0.25, 0.3) is 0 Å². The molecule has 0 fully saturated rings. The molecule has 3 atom stereocenters. The molecule has 0 aromatic carbocycles. The van der Waals surface area contributed by atoms with Crippen molar-refractivity contribution < 1.29 is 19.1 Å². The SMILES string of the molecule is CCCCOC(=O)C1CC=C(CC)C(CC)C1C(=O)OCCCC. The molecule has 0 saturated heterocycles. The van der Waals surface area contributed by atoms with Crippen molar-refractivity contribution in [1.82, 2.24) is 0 Å². The second-order valence-corrected chi connectivity index (χ2v) is 6.56. The summed E-state index contributed by atoms with van der Waals surface area (Å²) in [4.78, 5) is 25.2. The molecule has 1 aliphatic rings. The van der Waals surface area contributed by atoms with Crippen LogP contribution in [-0.2, 0) is 19.1 Å². The van der Waals surface area contributed by atoms with Crippen LogP contribution in [0, 0.1) is 17.8 Å². The molecule has 0 aromatic rings. The third-order valence-corrected chi connectivity index (χ3v) is 4.88. The highest BCUT2D eigenvalue weighted by molar-refractivity contribution is 5.83. The first-order chi connectivity index (χ1) is 11.6. The molecule has 24 heavy (non-hydrogen) atoms. The van der Waals surface area contributed by atoms with E-state index in [-0.39, 0.29) is 17.9 Å². The molecular formula is C20H34O4. The Hall–Kier alpha value is -1.32. The molecule has 0 N–H and O–H groups in total. The third-order valence-electron chi connectivity index (χ3n) is 4.88. The summed E-state index contributed by atoms with van der Waals surface area (Å²) in [6.07, 6.45) is 8.15. The fourth-order valence-electron chi connectivity index (χ4n) is 3.42. The predicted octanol–water partition coefficient (Wildman–Crippen LogP) is 4.67. The summed E-state index contributed by atoms with van der Waals surface area (Å²) in [5.41, 5.74) is 1.27. The first-order valence-electron chi connectivity index (χ1n) is 9.62. The van der Waals surface area contributed by atoms with Gasteiger partial charge in [-0.05, 0) is 38.0 Å². The van der Waals surface area contributed by atoms with E-state index in [0.717, 1.165) is 38.5 Å². The predicted molar refractivity (Wildman–Crippen MR) is 95.5 cm³/mol. The summed E-state index contributed by atoms with van der Waals surface area (Å²) in [5, 5.41) is 0. The van der Waals surface area contributed by atoms with Gasteiger partial charge in [-0.3, -0.25) is 9.59 Å². The minimum Gasteiger partial charge on any atom is -0.465 e. The van der Waals surface area contributed by atoms with Gasteiger partial charge in [-0.25, -0.2) is 0 Å². The third kappa shape index (κ3) is 5.64. The molecule has 3 unspecified atom stereocenters. The number of carbonyl (C=O) groups is 2. The van der Waals surface area contributed by atoms with E-state index < -0.39 is 11.8 Å². The molecule has 1 aliphatic carbocycles. The van der Waals surface area contributed by atoms with Crippen LogP contribution < -0.4 is 0 Å². The average Bonchev–Trinajstić information content (AvgIpc) is 2.60. The standard InChI is InChI=1S/C20H34O4/c1-5-9-13-23-19(21)17-12-11-15(7-3)16(8-4)18(17)20(22)24-14-10-6-2/h11,16-18H,5-10,12-14H2,1-4H3. The number of ether oxygens (including phenoxy) is 2. The lowest BCUT2D eigenvalue weighted by Gasteiger charge is -2.35. The van der Waals surface area contributed by atoms with E-state index in [4.69, 9.17) is 9.47 Å². The van der Waals surface area contributed by atoms with Crippen molar-refractivity contribution in [3.05, 3.63) is 11.6 Å². The van der Waals surface area contributed by atoms with E-state index in [1.54, 1.807) is 0 Å². The fraction of sp³-hybridized carbons (Fsp3) is 0.800. The number of hydrogen-bond donors (Lipinski definition) is 0. The Bertz CT molecular complexity index is 427. The minimum atomic E-state index is -0.406. The first-order valence-corrected chi connectivity index (χ1v) is 9.62. The van der Waals surface area contributed by atoms with Crippen LogP contribution >= 0.6 is 0 Å². The van der Waals surface area contributed by atoms with E-state index in [9.17, 15) is 9.59 Å². The van der Waals surface area contributed by atoms with Crippen molar-refractivity contribution in [3.8, 4) is 0 Å². The summed E-state index contributed by atoms with van der Waals surface area (Å²) in [6.45, 7) is 9.18. The van der Waals surface area contributed by atoms with Crippen molar-refractivity contribution in [2.75, 3.05) is 13.2 Å². The number of rotatable bonds is 10. The van der Waals surface area contributed by atoms with Gasteiger partial charge in [0, 0.05) is 0 Å². The van der Waals surface area contributed by atoms with E-state index in [0.29, 0.717) is 19.6 Å². The van der Waals surface area contributed by atoms with Crippen LogP contribution in [0.4, 0.5) is 0 Å². The molecular weight excluding hydrogens is 304 g/mol. The summed E-state index contributed by atoms with van der Waals surface area (Å²) < 4.78 is 10.9. The van der Waals surface area contributed by atoms with Crippen LogP contribution in [-0.4, -0.2) is 25.2 Å². The normalized spacial score (nSPS) is 23.5. The van der Waals surface area contributed by atoms with E-state index >= 15 is 0 Å². The van der Waals surface area contributed by atoms with Crippen molar-refractivity contribution >= 4 is 11.9 Å². The lowest BCUT2D eigenvalue weighted by atomic mass is 9.70. The van der Waals surface area contributed by atoms with Crippen molar-refractivity contribution in [3.63, 3.8) is 0 Å². The summed E-state index contributed by atoms with van der Waals surface area (Å²) in [7, 11) is 0. The molecule has 0 amide bonds. The number of esters is 2. The minimum absolute atomic E-state index is 0.0848. The Morgan fingerprint density at radius 1 is 1.00 bits per heavy atom. The van der Waals surface area contributed by atoms with Gasteiger partial charge < -0.3 is 9.47 Å². The lowest BCUT2D eigenvalue weighted by molar-refractivity contribution is -0.163. The fourth-order valence-corrected chi connectivity index (χ4v) is 3.42. The van der Waals surface area contributed by atoms with Gasteiger partial charge in [0.1, 0.15) is 0 Å². The lowest BCUT2D eigenvalue weighted by Crippen LogP contribution is -2.40. The van der Waals surface area contributed by atoms with Crippen LogP contribution in [0.3, 0.4) is 0 Å². The van der Waals surface area contributed by atoms with E-state index in [2.05, 4.69) is 33.8 Å². The number of unbranched alkanes of at least 4 members (excludes halogenated alkanes) is 2. The first kappa shape index (κ1) is 20.7. The van der Waals surface area contributed by atoms with Crippen molar-refractivity contribution in [2.24, 2.45) is 17.8 Å². The largest absolute Gasteiger partial charge is 0.465 e. The van der Waals surface area contributed by atoms with Crippen LogP contribution in [0.5, 0.6) is 0 Å². The molecule has 0 aliphatic heterocycles. The van der Waals surface area contributed by atoms with Gasteiger partial charge in [-0.15, -0.1) is 0 Å². The van der Waals surface area contributed by atoms with Gasteiger partial charge in [0.2, 0.25) is 0 Å². The second-order valence-electron chi connectivity index (χ2n) is 6.56. The summed E-state index contributed by atoms with van der Waals surface area (Å²) in [6, 6.07) is 0. The Morgan fingerprint density at radius 3 is 2.08 bits per heavy atom. The van der Waals surface area contributed by atoms with Gasteiger partial charge in [0.25, 0.3) is 0 Å². The molecule has 0 heterocycles. The average molecular weight is 338 g/mol. The quantitative estimate of drug-likeness (QED) is 0.330. The van der Waals surface area contributed by atoms with E-state index in [1.165, 1.54) is 5.57 Å². The van der Waals surface area contributed by atoms with Crippen LogP contribution in [0.2, 0.25) is 0 Å². The highest BCUT2D eigenvalue weighted by atomic mass is 16.5. The Balaban J connectivity index is 2.90.